The molecule has 0 spiro atoms. The molecule has 1 unspecified atom stereocenters. The van der Waals surface area contributed by atoms with Crippen molar-refractivity contribution in [2.45, 2.75) is 6.92 Å². The molecule has 74 valence electrons. The summed E-state index contributed by atoms with van der Waals surface area (Å²) in [5.41, 5.74) is 0.979. The highest BCUT2D eigenvalue weighted by atomic mass is 35.5. The van der Waals surface area contributed by atoms with Gasteiger partial charge in [0.05, 0.1) is 12.0 Å². The number of halogens is 1. The molecule has 1 aromatic heterocycles. The zero-order chi connectivity index (χ0) is 10.6. The van der Waals surface area contributed by atoms with Crippen LogP contribution in [0.3, 0.4) is 0 Å². The van der Waals surface area contributed by atoms with Crippen molar-refractivity contribution in [1.82, 2.24) is 4.98 Å². The molecule has 1 rings (SSSR count). The Hall–Kier alpha value is -1.27. The minimum atomic E-state index is 0.00643. The number of nitriles is 1. The molecule has 14 heavy (non-hydrogen) atoms. The summed E-state index contributed by atoms with van der Waals surface area (Å²) in [5.74, 6) is 0.00643. The molecule has 0 radical (unpaired) electrons. The molecule has 0 aliphatic heterocycles. The van der Waals surface area contributed by atoms with Crippen LogP contribution < -0.4 is 4.90 Å². The molecule has 0 aliphatic carbocycles. The molecule has 0 saturated heterocycles. The molecule has 0 saturated carbocycles. The lowest BCUT2D eigenvalue weighted by atomic mass is 10.2. The molecule has 0 fully saturated rings. The normalized spacial score (nSPS) is 11.9. The van der Waals surface area contributed by atoms with Crippen LogP contribution in [0.2, 0.25) is 5.15 Å². The summed E-state index contributed by atoms with van der Waals surface area (Å²) < 4.78 is 0. The SMILES string of the molecule is CC(C#N)CN(C)c1ccnc(Cl)c1. The first-order chi connectivity index (χ1) is 6.63. The fourth-order valence-corrected chi connectivity index (χ4v) is 1.35. The van der Waals surface area contributed by atoms with E-state index in [0.717, 1.165) is 5.69 Å². The predicted molar refractivity (Wildman–Crippen MR) is 57.3 cm³/mol. The second-order valence-corrected chi connectivity index (χ2v) is 3.63. The van der Waals surface area contributed by atoms with Crippen LogP contribution in [0.25, 0.3) is 0 Å². The lowest BCUT2D eigenvalue weighted by Crippen LogP contribution is -2.23. The van der Waals surface area contributed by atoms with Crippen LogP contribution in [0.15, 0.2) is 18.3 Å². The number of aromatic nitrogens is 1. The number of pyridine rings is 1. The minimum absolute atomic E-state index is 0.00643. The van der Waals surface area contributed by atoms with Crippen molar-refractivity contribution < 1.29 is 0 Å². The summed E-state index contributed by atoms with van der Waals surface area (Å²) in [6, 6.07) is 5.84. The van der Waals surface area contributed by atoms with Gasteiger partial charge in [0.1, 0.15) is 5.15 Å². The molecule has 0 amide bonds. The van der Waals surface area contributed by atoms with Gasteiger partial charge in [-0.15, -0.1) is 0 Å². The highest BCUT2D eigenvalue weighted by Gasteiger charge is 2.06. The Labute approximate surface area is 88.9 Å². The molecule has 4 heteroatoms. The molecule has 0 N–H and O–H groups in total. The average molecular weight is 210 g/mol. The Morgan fingerprint density at radius 2 is 2.43 bits per heavy atom. The van der Waals surface area contributed by atoms with Gasteiger partial charge in [-0.25, -0.2) is 4.98 Å². The van der Waals surface area contributed by atoms with E-state index in [4.69, 9.17) is 16.9 Å². The van der Waals surface area contributed by atoms with Gasteiger partial charge < -0.3 is 4.90 Å². The third kappa shape index (κ3) is 2.90. The molecule has 3 nitrogen and oxygen atoms in total. The van der Waals surface area contributed by atoms with Crippen molar-refractivity contribution >= 4 is 17.3 Å². The van der Waals surface area contributed by atoms with Crippen molar-refractivity contribution in [2.75, 3.05) is 18.5 Å². The van der Waals surface area contributed by atoms with Gasteiger partial charge in [0, 0.05) is 25.5 Å². The summed E-state index contributed by atoms with van der Waals surface area (Å²) in [7, 11) is 1.93. The Morgan fingerprint density at radius 1 is 1.71 bits per heavy atom. The largest absolute Gasteiger partial charge is 0.373 e. The van der Waals surface area contributed by atoms with E-state index in [1.165, 1.54) is 0 Å². The van der Waals surface area contributed by atoms with Crippen LogP contribution in [-0.4, -0.2) is 18.6 Å². The van der Waals surface area contributed by atoms with E-state index in [9.17, 15) is 0 Å². The first kappa shape index (κ1) is 10.8. The summed E-state index contributed by atoms with van der Waals surface area (Å²) in [6.07, 6.45) is 1.66. The van der Waals surface area contributed by atoms with Gasteiger partial charge in [-0.2, -0.15) is 5.26 Å². The van der Waals surface area contributed by atoms with Gasteiger partial charge >= 0.3 is 0 Å². The summed E-state index contributed by atoms with van der Waals surface area (Å²) in [4.78, 5) is 5.88. The van der Waals surface area contributed by atoms with Gasteiger partial charge in [0.15, 0.2) is 0 Å². The number of rotatable bonds is 3. The van der Waals surface area contributed by atoms with E-state index >= 15 is 0 Å². The lowest BCUT2D eigenvalue weighted by Gasteiger charge is -2.20. The number of hydrogen-bond acceptors (Lipinski definition) is 3. The monoisotopic (exact) mass is 209 g/mol. The van der Waals surface area contributed by atoms with Crippen molar-refractivity contribution in [3.8, 4) is 6.07 Å². The van der Waals surface area contributed by atoms with Crippen LogP contribution in [-0.2, 0) is 0 Å². The average Bonchev–Trinajstić information content (AvgIpc) is 2.17. The zero-order valence-corrected chi connectivity index (χ0v) is 8.99. The fourth-order valence-electron chi connectivity index (χ4n) is 1.19. The van der Waals surface area contributed by atoms with Crippen molar-refractivity contribution in [1.29, 1.82) is 5.26 Å². The molecule has 0 bridgehead atoms. The van der Waals surface area contributed by atoms with Crippen LogP contribution in [0.1, 0.15) is 6.92 Å². The first-order valence-electron chi connectivity index (χ1n) is 4.36. The predicted octanol–water partition coefficient (Wildman–Crippen LogP) is 2.33. The number of nitrogens with zero attached hydrogens (tertiary/aromatic N) is 3. The highest BCUT2D eigenvalue weighted by Crippen LogP contribution is 2.16. The molecule has 0 aromatic carbocycles. The van der Waals surface area contributed by atoms with E-state index in [-0.39, 0.29) is 5.92 Å². The van der Waals surface area contributed by atoms with E-state index < -0.39 is 0 Å². The second kappa shape index (κ2) is 4.83. The van der Waals surface area contributed by atoms with E-state index in [1.54, 1.807) is 12.3 Å². The van der Waals surface area contributed by atoms with Crippen LogP contribution in [0.5, 0.6) is 0 Å². The van der Waals surface area contributed by atoms with E-state index in [0.29, 0.717) is 11.7 Å². The fraction of sp³-hybridized carbons (Fsp3) is 0.400. The molecular weight excluding hydrogens is 198 g/mol. The van der Waals surface area contributed by atoms with Gasteiger partial charge in [-0.05, 0) is 19.1 Å². The molecular formula is C10H12ClN3. The molecule has 1 heterocycles. The van der Waals surface area contributed by atoms with Crippen molar-refractivity contribution in [3.63, 3.8) is 0 Å². The Kier molecular flexibility index (Phi) is 3.73. The van der Waals surface area contributed by atoms with Gasteiger partial charge in [0.2, 0.25) is 0 Å². The van der Waals surface area contributed by atoms with Crippen molar-refractivity contribution in [2.24, 2.45) is 5.92 Å². The van der Waals surface area contributed by atoms with Crippen LogP contribution in [0, 0.1) is 17.2 Å². The number of anilines is 1. The topological polar surface area (TPSA) is 39.9 Å². The molecule has 1 aromatic rings. The maximum absolute atomic E-state index is 8.67. The smallest absolute Gasteiger partial charge is 0.131 e. The third-order valence-corrected chi connectivity index (χ3v) is 2.13. The highest BCUT2D eigenvalue weighted by molar-refractivity contribution is 6.29. The Bertz CT molecular complexity index is 345. The second-order valence-electron chi connectivity index (χ2n) is 3.25. The molecule has 0 aliphatic rings. The lowest BCUT2D eigenvalue weighted by molar-refractivity contribution is 0.716. The quantitative estimate of drug-likeness (QED) is 0.718. The van der Waals surface area contributed by atoms with E-state index in [1.807, 2.05) is 24.9 Å². The Morgan fingerprint density at radius 3 is 3.00 bits per heavy atom. The molecule has 1 atom stereocenters. The van der Waals surface area contributed by atoms with Crippen molar-refractivity contribution in [3.05, 3.63) is 23.5 Å². The standard InChI is InChI=1S/C10H12ClN3/c1-8(6-12)7-14(2)9-3-4-13-10(11)5-9/h3-5,8H,7H2,1-2H3. The first-order valence-corrected chi connectivity index (χ1v) is 4.73. The van der Waals surface area contributed by atoms with Crippen LogP contribution >= 0.6 is 11.6 Å². The van der Waals surface area contributed by atoms with Crippen LogP contribution in [0.4, 0.5) is 5.69 Å². The number of hydrogen-bond donors (Lipinski definition) is 0. The Balaban J connectivity index is 2.70. The minimum Gasteiger partial charge on any atom is -0.373 e. The maximum atomic E-state index is 8.67. The summed E-state index contributed by atoms with van der Waals surface area (Å²) >= 11 is 5.76. The zero-order valence-electron chi connectivity index (χ0n) is 8.24. The third-order valence-electron chi connectivity index (χ3n) is 1.92. The van der Waals surface area contributed by atoms with Gasteiger partial charge in [0.25, 0.3) is 0 Å². The van der Waals surface area contributed by atoms with E-state index in [2.05, 4.69) is 11.1 Å². The maximum Gasteiger partial charge on any atom is 0.131 e. The van der Waals surface area contributed by atoms with Gasteiger partial charge in [-0.1, -0.05) is 11.6 Å². The summed E-state index contributed by atoms with van der Waals surface area (Å²) in [6.45, 7) is 2.58. The van der Waals surface area contributed by atoms with Gasteiger partial charge in [-0.3, -0.25) is 0 Å². The summed E-state index contributed by atoms with van der Waals surface area (Å²) in [5, 5.41) is 9.14.